The second-order valence-electron chi connectivity index (χ2n) is 4.53. The van der Waals surface area contributed by atoms with Gasteiger partial charge in [0.2, 0.25) is 0 Å². The summed E-state index contributed by atoms with van der Waals surface area (Å²) < 4.78 is 62.2. The lowest BCUT2D eigenvalue weighted by molar-refractivity contribution is 0.252. The van der Waals surface area contributed by atoms with E-state index in [1.165, 1.54) is 50.6 Å². The molecule has 24 heavy (non-hydrogen) atoms. The number of rotatable bonds is 7. The van der Waals surface area contributed by atoms with Crippen LogP contribution in [0.2, 0.25) is 0 Å². The maximum absolute atomic E-state index is 12.5. The van der Waals surface area contributed by atoms with Crippen LogP contribution in [0.3, 0.4) is 0 Å². The zero-order valence-electron chi connectivity index (χ0n) is 12.8. The first kappa shape index (κ1) is 18.3. The van der Waals surface area contributed by atoms with Crippen LogP contribution >= 0.6 is 11.8 Å². The topological polar surface area (TPSA) is 64.6 Å². The molecular formula is C15H15F2NO4S2. The number of nitrogens with one attached hydrogen (secondary N) is 1. The van der Waals surface area contributed by atoms with Crippen LogP contribution in [-0.4, -0.2) is 28.4 Å². The van der Waals surface area contributed by atoms with Crippen molar-refractivity contribution in [2.24, 2.45) is 0 Å². The number of ether oxygens (including phenoxy) is 2. The molecule has 0 bridgehead atoms. The van der Waals surface area contributed by atoms with Gasteiger partial charge >= 0.3 is 0 Å². The minimum Gasteiger partial charge on any atom is -0.497 e. The predicted octanol–water partition coefficient (Wildman–Crippen LogP) is 3.82. The Morgan fingerprint density at radius 1 is 1.04 bits per heavy atom. The molecule has 0 saturated heterocycles. The molecule has 2 aromatic carbocycles. The molecule has 0 radical (unpaired) electrons. The van der Waals surface area contributed by atoms with Crippen molar-refractivity contribution in [1.29, 1.82) is 0 Å². The smallest absolute Gasteiger partial charge is 0.288 e. The molecule has 1 N–H and O–H groups in total. The number of anilines is 1. The molecule has 0 aliphatic heterocycles. The highest BCUT2D eigenvalue weighted by Crippen LogP contribution is 2.31. The van der Waals surface area contributed by atoms with Gasteiger partial charge < -0.3 is 9.47 Å². The third-order valence-electron chi connectivity index (χ3n) is 2.99. The van der Waals surface area contributed by atoms with Gasteiger partial charge in [0.05, 0.1) is 14.2 Å². The molecule has 9 heteroatoms. The molecule has 0 atom stereocenters. The first-order valence-corrected chi connectivity index (χ1v) is 9.01. The first-order chi connectivity index (χ1) is 11.4. The molecular weight excluding hydrogens is 360 g/mol. The van der Waals surface area contributed by atoms with Crippen LogP contribution in [0.1, 0.15) is 0 Å². The predicted molar refractivity (Wildman–Crippen MR) is 88.7 cm³/mol. The average Bonchev–Trinajstić information content (AvgIpc) is 2.55. The molecule has 0 aliphatic carbocycles. The lowest BCUT2D eigenvalue weighted by Gasteiger charge is -2.13. The fraction of sp³-hybridized carbons (Fsp3) is 0.200. The van der Waals surface area contributed by atoms with E-state index in [9.17, 15) is 17.2 Å². The van der Waals surface area contributed by atoms with E-state index in [4.69, 9.17) is 9.47 Å². The molecule has 2 rings (SSSR count). The van der Waals surface area contributed by atoms with Crippen molar-refractivity contribution < 1.29 is 26.7 Å². The molecule has 0 heterocycles. The maximum atomic E-state index is 12.5. The lowest BCUT2D eigenvalue weighted by Crippen LogP contribution is -2.14. The Balaban J connectivity index is 2.28. The van der Waals surface area contributed by atoms with E-state index < -0.39 is 15.8 Å². The van der Waals surface area contributed by atoms with Crippen LogP contribution in [0.15, 0.2) is 52.3 Å². The van der Waals surface area contributed by atoms with Gasteiger partial charge in [0, 0.05) is 16.6 Å². The van der Waals surface area contributed by atoms with E-state index in [2.05, 4.69) is 4.72 Å². The molecule has 0 aliphatic rings. The second-order valence-corrected chi connectivity index (χ2v) is 7.24. The van der Waals surface area contributed by atoms with E-state index in [0.717, 1.165) is 0 Å². The molecule has 2 aromatic rings. The quantitative estimate of drug-likeness (QED) is 0.746. The number of benzene rings is 2. The van der Waals surface area contributed by atoms with Crippen molar-refractivity contribution in [1.82, 2.24) is 0 Å². The van der Waals surface area contributed by atoms with Crippen molar-refractivity contribution in [2.45, 2.75) is 15.5 Å². The maximum Gasteiger partial charge on any atom is 0.288 e. The molecule has 0 unspecified atom stereocenters. The molecule has 0 fully saturated rings. The number of thioether (sulfide) groups is 1. The van der Waals surface area contributed by atoms with Gasteiger partial charge in [0.25, 0.3) is 15.8 Å². The minimum atomic E-state index is -3.93. The van der Waals surface area contributed by atoms with Gasteiger partial charge in [-0.25, -0.2) is 8.42 Å². The van der Waals surface area contributed by atoms with Crippen LogP contribution in [0.5, 0.6) is 11.5 Å². The number of hydrogen-bond acceptors (Lipinski definition) is 5. The Morgan fingerprint density at radius 2 is 1.71 bits per heavy atom. The zero-order chi connectivity index (χ0) is 17.7. The summed E-state index contributed by atoms with van der Waals surface area (Å²) in [6, 6.07) is 10.0. The van der Waals surface area contributed by atoms with Crippen molar-refractivity contribution in [3.63, 3.8) is 0 Å². The monoisotopic (exact) mass is 375 g/mol. The standard InChI is InChI=1S/C15H15F2NO4S2/c1-21-11-5-8-13(22-2)14(9-11)24(19,20)18-10-3-6-12(7-4-10)23-15(16)17/h3-9,15,18H,1-2H3. The molecule has 0 aromatic heterocycles. The third-order valence-corrected chi connectivity index (χ3v) is 5.12. The van der Waals surface area contributed by atoms with Gasteiger partial charge in [0.15, 0.2) is 0 Å². The number of alkyl halides is 2. The highest BCUT2D eigenvalue weighted by Gasteiger charge is 2.21. The van der Waals surface area contributed by atoms with E-state index in [1.54, 1.807) is 6.07 Å². The van der Waals surface area contributed by atoms with Gasteiger partial charge in [0.1, 0.15) is 16.4 Å². The normalized spacial score (nSPS) is 11.4. The number of sulfonamides is 1. The van der Waals surface area contributed by atoms with Gasteiger partial charge in [-0.15, -0.1) is 0 Å². The SMILES string of the molecule is COc1ccc(OC)c(S(=O)(=O)Nc2ccc(SC(F)F)cc2)c1. The van der Waals surface area contributed by atoms with Crippen LogP contribution in [0.25, 0.3) is 0 Å². The van der Waals surface area contributed by atoms with Crippen LogP contribution in [-0.2, 0) is 10.0 Å². The zero-order valence-corrected chi connectivity index (χ0v) is 14.5. The van der Waals surface area contributed by atoms with Crippen LogP contribution in [0, 0.1) is 0 Å². The van der Waals surface area contributed by atoms with Gasteiger partial charge in [-0.3, -0.25) is 4.72 Å². The molecule has 0 amide bonds. The van der Waals surface area contributed by atoms with E-state index in [-0.39, 0.29) is 16.3 Å². The molecule has 130 valence electrons. The lowest BCUT2D eigenvalue weighted by atomic mass is 10.3. The summed E-state index contributed by atoms with van der Waals surface area (Å²) in [6.45, 7) is 0. The first-order valence-electron chi connectivity index (χ1n) is 6.65. The van der Waals surface area contributed by atoms with Crippen molar-refractivity contribution in [2.75, 3.05) is 18.9 Å². The molecule has 5 nitrogen and oxygen atoms in total. The van der Waals surface area contributed by atoms with Crippen LogP contribution in [0.4, 0.5) is 14.5 Å². The highest BCUT2D eigenvalue weighted by atomic mass is 32.2. The average molecular weight is 375 g/mol. The van der Waals surface area contributed by atoms with E-state index in [1.807, 2.05) is 0 Å². The van der Waals surface area contributed by atoms with E-state index >= 15 is 0 Å². The Kier molecular flexibility index (Phi) is 5.89. The van der Waals surface area contributed by atoms with Gasteiger partial charge in [-0.1, -0.05) is 11.8 Å². The number of methoxy groups -OCH3 is 2. The number of hydrogen-bond donors (Lipinski definition) is 1. The third kappa shape index (κ3) is 4.51. The Bertz CT molecular complexity index is 796. The van der Waals surface area contributed by atoms with Gasteiger partial charge in [-0.05, 0) is 36.4 Å². The second kappa shape index (κ2) is 7.71. The molecule has 0 saturated carbocycles. The summed E-state index contributed by atoms with van der Waals surface area (Å²) in [4.78, 5) is 0.252. The fourth-order valence-electron chi connectivity index (χ4n) is 1.91. The summed E-state index contributed by atoms with van der Waals surface area (Å²) in [5.74, 6) is -2.01. The number of halogens is 2. The summed E-state index contributed by atoms with van der Waals surface area (Å²) in [5.41, 5.74) is 0.249. The largest absolute Gasteiger partial charge is 0.497 e. The summed E-state index contributed by atoms with van der Waals surface area (Å²) in [6.07, 6.45) is 0. The Morgan fingerprint density at radius 3 is 2.25 bits per heavy atom. The summed E-state index contributed by atoms with van der Waals surface area (Å²) in [5, 5.41) is 0. The Labute approximate surface area is 143 Å². The summed E-state index contributed by atoms with van der Waals surface area (Å²) >= 11 is 0.385. The van der Waals surface area contributed by atoms with Crippen molar-refractivity contribution >= 4 is 27.5 Å². The highest BCUT2D eigenvalue weighted by molar-refractivity contribution is 7.99. The minimum absolute atomic E-state index is 0.0876. The van der Waals surface area contributed by atoms with Crippen molar-refractivity contribution in [3.8, 4) is 11.5 Å². The van der Waals surface area contributed by atoms with E-state index in [0.29, 0.717) is 22.4 Å². The molecule has 0 spiro atoms. The van der Waals surface area contributed by atoms with Crippen LogP contribution < -0.4 is 14.2 Å². The Hall–Kier alpha value is -2.00. The fourth-order valence-corrected chi connectivity index (χ4v) is 3.65. The van der Waals surface area contributed by atoms with Gasteiger partial charge in [-0.2, -0.15) is 8.78 Å². The van der Waals surface area contributed by atoms with Crippen molar-refractivity contribution in [3.05, 3.63) is 42.5 Å². The summed E-state index contributed by atoms with van der Waals surface area (Å²) in [7, 11) is -1.15.